The van der Waals surface area contributed by atoms with Gasteiger partial charge in [-0.25, -0.2) is 9.78 Å². The first-order valence-corrected chi connectivity index (χ1v) is 12.2. The van der Waals surface area contributed by atoms with Crippen LogP contribution in [0, 0.1) is 17.0 Å². The third kappa shape index (κ3) is 5.48. The average molecular weight is 542 g/mol. The Morgan fingerprint density at radius 1 is 1.00 bits per heavy atom. The van der Waals surface area contributed by atoms with Gasteiger partial charge in [-0.3, -0.25) is 14.9 Å². The van der Waals surface area contributed by atoms with Crippen LogP contribution < -0.4 is 5.32 Å². The number of amides is 1. The number of furan rings is 1. The number of carbonyl (C=O) groups is 2. The van der Waals surface area contributed by atoms with E-state index in [1.807, 2.05) is 0 Å². The standard InChI is InChI=1S/C29H20ClN3O6/c1-17-11-14-26(38-17)24-16-21(20-9-5-6-10-23(20)32-24)29(35)39-27(18-7-3-2-4-8-18)28(34)31-19-12-13-22(30)25(15-19)33(36)37/h2-16,27H,1H3,(H,31,34)/t27-/m0/s1. The number of aryl methyl sites for hydroxylation is 1. The zero-order valence-corrected chi connectivity index (χ0v) is 21.2. The highest BCUT2D eigenvalue weighted by atomic mass is 35.5. The number of nitro groups is 1. The molecule has 1 N–H and O–H groups in total. The van der Waals surface area contributed by atoms with Gasteiger partial charge in [0.05, 0.1) is 16.0 Å². The molecule has 0 radical (unpaired) electrons. The second kappa shape index (κ2) is 10.8. The lowest BCUT2D eigenvalue weighted by Crippen LogP contribution is -2.26. The molecule has 9 nitrogen and oxygen atoms in total. The van der Waals surface area contributed by atoms with Crippen LogP contribution >= 0.6 is 11.6 Å². The normalized spacial score (nSPS) is 11.6. The van der Waals surface area contributed by atoms with E-state index in [1.54, 1.807) is 79.7 Å². The fourth-order valence-electron chi connectivity index (χ4n) is 4.05. The molecular formula is C29H20ClN3O6. The van der Waals surface area contributed by atoms with Gasteiger partial charge in [0.1, 0.15) is 16.5 Å². The summed E-state index contributed by atoms with van der Waals surface area (Å²) in [6.45, 7) is 1.80. The van der Waals surface area contributed by atoms with Crippen molar-refractivity contribution in [2.24, 2.45) is 0 Å². The summed E-state index contributed by atoms with van der Waals surface area (Å²) >= 11 is 5.89. The van der Waals surface area contributed by atoms with E-state index in [1.165, 1.54) is 12.1 Å². The molecule has 0 fully saturated rings. The summed E-state index contributed by atoms with van der Waals surface area (Å²) in [5.41, 5.74) is 1.34. The molecule has 0 aliphatic carbocycles. The van der Waals surface area contributed by atoms with E-state index in [2.05, 4.69) is 10.3 Å². The molecule has 1 amide bonds. The van der Waals surface area contributed by atoms with Gasteiger partial charge >= 0.3 is 5.97 Å². The van der Waals surface area contributed by atoms with E-state index < -0.39 is 22.9 Å². The van der Waals surface area contributed by atoms with Gasteiger partial charge in [0.25, 0.3) is 11.6 Å². The Morgan fingerprint density at radius 2 is 1.74 bits per heavy atom. The van der Waals surface area contributed by atoms with E-state index in [0.717, 1.165) is 6.07 Å². The zero-order chi connectivity index (χ0) is 27.5. The number of carbonyl (C=O) groups excluding carboxylic acids is 2. The van der Waals surface area contributed by atoms with E-state index in [-0.39, 0.29) is 22.0 Å². The summed E-state index contributed by atoms with van der Waals surface area (Å²) < 4.78 is 11.5. The first-order valence-electron chi connectivity index (χ1n) is 11.8. The molecule has 1 atom stereocenters. The number of hydrogen-bond acceptors (Lipinski definition) is 7. The van der Waals surface area contributed by atoms with Gasteiger partial charge in [-0.2, -0.15) is 0 Å². The van der Waals surface area contributed by atoms with Crippen LogP contribution in [-0.4, -0.2) is 21.8 Å². The summed E-state index contributed by atoms with van der Waals surface area (Å²) in [6.07, 6.45) is -1.37. The third-order valence-electron chi connectivity index (χ3n) is 5.90. The number of aromatic nitrogens is 1. The van der Waals surface area contributed by atoms with Gasteiger partial charge in [0.15, 0.2) is 5.76 Å². The van der Waals surface area contributed by atoms with E-state index in [9.17, 15) is 19.7 Å². The van der Waals surface area contributed by atoms with Gasteiger partial charge < -0.3 is 14.5 Å². The SMILES string of the molecule is Cc1ccc(-c2cc(C(=O)O[C@H](C(=O)Nc3ccc(Cl)c([N+](=O)[O-])c3)c3ccccc3)c3ccccc3n2)o1. The zero-order valence-electron chi connectivity index (χ0n) is 20.5. The number of benzene rings is 3. The van der Waals surface area contributed by atoms with Crippen LogP contribution in [0.1, 0.15) is 27.8 Å². The van der Waals surface area contributed by atoms with Gasteiger partial charge in [0.2, 0.25) is 6.10 Å². The minimum atomic E-state index is -1.37. The molecule has 194 valence electrons. The van der Waals surface area contributed by atoms with E-state index in [4.69, 9.17) is 20.8 Å². The Morgan fingerprint density at radius 3 is 2.46 bits per heavy atom. The number of anilines is 1. The molecule has 39 heavy (non-hydrogen) atoms. The van der Waals surface area contributed by atoms with Crippen LogP contribution in [0.15, 0.2) is 95.4 Å². The van der Waals surface area contributed by atoms with Crippen LogP contribution in [0.5, 0.6) is 0 Å². The molecular weight excluding hydrogens is 522 g/mol. The van der Waals surface area contributed by atoms with Crippen molar-refractivity contribution in [3.63, 3.8) is 0 Å². The van der Waals surface area contributed by atoms with Gasteiger partial charge in [-0.05, 0) is 43.3 Å². The van der Waals surface area contributed by atoms with Crippen LogP contribution in [0.4, 0.5) is 11.4 Å². The molecule has 5 rings (SSSR count). The molecule has 3 aromatic carbocycles. The quantitative estimate of drug-likeness (QED) is 0.135. The summed E-state index contributed by atoms with van der Waals surface area (Å²) in [6, 6.07) is 24.5. The predicted molar refractivity (Wildman–Crippen MR) is 146 cm³/mol. The van der Waals surface area contributed by atoms with Crippen molar-refractivity contribution in [2.45, 2.75) is 13.0 Å². The fraction of sp³-hybridized carbons (Fsp3) is 0.0690. The number of para-hydroxylation sites is 1. The summed E-state index contributed by atoms with van der Waals surface area (Å²) in [4.78, 5) is 42.2. The number of nitrogens with one attached hydrogen (secondary N) is 1. The van der Waals surface area contributed by atoms with Crippen molar-refractivity contribution < 1.29 is 23.7 Å². The number of esters is 1. The predicted octanol–water partition coefficient (Wildman–Crippen LogP) is 6.90. The maximum Gasteiger partial charge on any atom is 0.340 e. The number of pyridine rings is 1. The molecule has 10 heteroatoms. The van der Waals surface area contributed by atoms with Crippen LogP contribution in [0.2, 0.25) is 5.02 Å². The lowest BCUT2D eigenvalue weighted by atomic mass is 10.1. The summed E-state index contributed by atoms with van der Waals surface area (Å²) in [5.74, 6) is -0.294. The Hall–Kier alpha value is -5.02. The molecule has 0 bridgehead atoms. The maximum atomic E-state index is 13.6. The van der Waals surface area contributed by atoms with Gasteiger partial charge in [-0.15, -0.1) is 0 Å². The Bertz CT molecular complexity index is 1720. The molecule has 5 aromatic rings. The minimum Gasteiger partial charge on any atom is -0.460 e. The topological polar surface area (TPSA) is 125 Å². The number of halogens is 1. The van der Waals surface area contributed by atoms with Crippen LogP contribution in [0.25, 0.3) is 22.4 Å². The fourth-order valence-corrected chi connectivity index (χ4v) is 4.24. The molecule has 2 aromatic heterocycles. The lowest BCUT2D eigenvalue weighted by Gasteiger charge is -2.19. The first-order chi connectivity index (χ1) is 18.8. The van der Waals surface area contributed by atoms with Crippen molar-refractivity contribution in [3.05, 3.63) is 123 Å². The lowest BCUT2D eigenvalue weighted by molar-refractivity contribution is -0.384. The van der Waals surface area contributed by atoms with E-state index >= 15 is 0 Å². The Balaban J connectivity index is 1.51. The van der Waals surface area contributed by atoms with Crippen molar-refractivity contribution in [2.75, 3.05) is 5.32 Å². The second-order valence-electron chi connectivity index (χ2n) is 8.59. The monoisotopic (exact) mass is 541 g/mol. The molecule has 0 aliphatic rings. The number of hydrogen-bond donors (Lipinski definition) is 1. The molecule has 2 heterocycles. The number of nitro benzene ring substituents is 1. The Labute approximate surface area is 227 Å². The molecule has 0 aliphatic heterocycles. The maximum absolute atomic E-state index is 13.6. The number of fused-ring (bicyclic) bond motifs is 1. The van der Waals surface area contributed by atoms with Crippen molar-refractivity contribution in [3.8, 4) is 11.5 Å². The highest BCUT2D eigenvalue weighted by Crippen LogP contribution is 2.31. The third-order valence-corrected chi connectivity index (χ3v) is 6.22. The highest BCUT2D eigenvalue weighted by Gasteiger charge is 2.28. The number of rotatable bonds is 7. The van der Waals surface area contributed by atoms with Crippen molar-refractivity contribution in [1.29, 1.82) is 0 Å². The van der Waals surface area contributed by atoms with Crippen molar-refractivity contribution in [1.82, 2.24) is 4.98 Å². The smallest absolute Gasteiger partial charge is 0.340 e. The van der Waals surface area contributed by atoms with E-state index in [0.29, 0.717) is 33.7 Å². The van der Waals surface area contributed by atoms with Crippen LogP contribution in [0.3, 0.4) is 0 Å². The highest BCUT2D eigenvalue weighted by molar-refractivity contribution is 6.32. The Kier molecular flexibility index (Phi) is 7.07. The molecule has 0 spiro atoms. The molecule has 0 saturated heterocycles. The van der Waals surface area contributed by atoms with Gasteiger partial charge in [-0.1, -0.05) is 60.1 Å². The van der Waals surface area contributed by atoms with Crippen molar-refractivity contribution >= 4 is 45.8 Å². The number of ether oxygens (including phenoxy) is 1. The summed E-state index contributed by atoms with van der Waals surface area (Å²) in [5, 5.41) is 14.3. The largest absolute Gasteiger partial charge is 0.460 e. The first kappa shape index (κ1) is 25.6. The molecule has 0 saturated carbocycles. The molecule has 0 unspecified atom stereocenters. The summed E-state index contributed by atoms with van der Waals surface area (Å²) in [7, 11) is 0. The average Bonchev–Trinajstić information content (AvgIpc) is 3.38. The van der Waals surface area contributed by atoms with Crippen LogP contribution in [-0.2, 0) is 9.53 Å². The minimum absolute atomic E-state index is 0.0730. The number of nitrogens with zero attached hydrogens (tertiary/aromatic N) is 2. The van der Waals surface area contributed by atoms with Gasteiger partial charge in [0, 0.05) is 22.7 Å². The second-order valence-corrected chi connectivity index (χ2v) is 9.00.